The highest BCUT2D eigenvalue weighted by Gasteiger charge is 2.32. The third kappa shape index (κ3) is 3.19. The maximum atomic E-state index is 13.4. The molecule has 7 heteroatoms. The number of likely N-dealkylation sites (N-methyl/N-ethyl adjacent to an activating group) is 1. The van der Waals surface area contributed by atoms with Crippen molar-refractivity contribution in [1.29, 1.82) is 0 Å². The minimum absolute atomic E-state index is 0.0430. The number of piperazine rings is 1. The van der Waals surface area contributed by atoms with E-state index >= 15 is 0 Å². The van der Waals surface area contributed by atoms with Crippen molar-refractivity contribution in [3.63, 3.8) is 0 Å². The molecule has 1 aliphatic carbocycles. The molecule has 1 amide bonds. The molecular formula is C22H23ClN4OS. The summed E-state index contributed by atoms with van der Waals surface area (Å²) in [6.07, 6.45) is 1.79. The normalized spacial score (nSPS) is 16.6. The molecule has 1 aliphatic heterocycles. The number of hydrogen-bond donors (Lipinski definition) is 0. The van der Waals surface area contributed by atoms with Crippen LogP contribution in [0, 0.1) is 0 Å². The first-order valence-electron chi connectivity index (χ1n) is 10.1. The standard InChI is InChI=1S/C22H23ClN4OS/c1-2-25-10-12-26(13-11-25)22(28)20-16-7-8-19-15(9-14-29-19)21(16)27(24-20)18-6-4-3-5-17(18)23/h3-6,9,14H,2,7-8,10-13H2,1H3. The van der Waals surface area contributed by atoms with E-state index in [0.717, 1.165) is 62.5 Å². The molecule has 0 N–H and O–H groups in total. The average Bonchev–Trinajstić information content (AvgIpc) is 3.38. The second-order valence-electron chi connectivity index (χ2n) is 7.52. The monoisotopic (exact) mass is 426 g/mol. The predicted molar refractivity (Wildman–Crippen MR) is 117 cm³/mol. The molecule has 1 aromatic carbocycles. The number of halogens is 1. The van der Waals surface area contributed by atoms with Gasteiger partial charge >= 0.3 is 0 Å². The first-order valence-corrected chi connectivity index (χ1v) is 11.4. The first kappa shape index (κ1) is 18.9. The van der Waals surface area contributed by atoms with Gasteiger partial charge in [-0.15, -0.1) is 11.3 Å². The maximum Gasteiger partial charge on any atom is 0.274 e. The molecule has 3 aromatic rings. The Labute approximate surface area is 179 Å². The number of carbonyl (C=O) groups is 1. The summed E-state index contributed by atoms with van der Waals surface area (Å²) in [6, 6.07) is 9.84. The molecule has 5 rings (SSSR count). The van der Waals surface area contributed by atoms with Crippen LogP contribution in [-0.4, -0.2) is 58.2 Å². The van der Waals surface area contributed by atoms with Crippen LogP contribution in [0.15, 0.2) is 35.7 Å². The van der Waals surface area contributed by atoms with Crippen molar-refractivity contribution in [2.45, 2.75) is 19.8 Å². The summed E-state index contributed by atoms with van der Waals surface area (Å²) in [4.78, 5) is 19.1. The molecular weight excluding hydrogens is 404 g/mol. The van der Waals surface area contributed by atoms with Crippen LogP contribution in [0.3, 0.4) is 0 Å². The number of rotatable bonds is 3. The van der Waals surface area contributed by atoms with Gasteiger partial charge in [-0.05, 0) is 43.0 Å². The lowest BCUT2D eigenvalue weighted by molar-refractivity contribution is 0.0636. The van der Waals surface area contributed by atoms with Gasteiger partial charge in [0.1, 0.15) is 0 Å². The molecule has 0 radical (unpaired) electrons. The second-order valence-corrected chi connectivity index (χ2v) is 8.93. The highest BCUT2D eigenvalue weighted by molar-refractivity contribution is 7.10. The molecule has 2 aromatic heterocycles. The van der Waals surface area contributed by atoms with E-state index in [1.54, 1.807) is 11.3 Å². The topological polar surface area (TPSA) is 41.4 Å². The van der Waals surface area contributed by atoms with Gasteiger partial charge in [0.15, 0.2) is 5.69 Å². The van der Waals surface area contributed by atoms with Gasteiger partial charge in [-0.25, -0.2) is 4.68 Å². The van der Waals surface area contributed by atoms with E-state index in [1.165, 1.54) is 10.4 Å². The molecule has 0 saturated carbocycles. The van der Waals surface area contributed by atoms with E-state index < -0.39 is 0 Å². The molecule has 2 aliphatic rings. The molecule has 5 nitrogen and oxygen atoms in total. The average molecular weight is 427 g/mol. The number of fused-ring (bicyclic) bond motifs is 3. The maximum absolute atomic E-state index is 13.4. The van der Waals surface area contributed by atoms with Gasteiger partial charge in [0, 0.05) is 42.2 Å². The van der Waals surface area contributed by atoms with E-state index in [9.17, 15) is 4.79 Å². The fraction of sp³-hybridized carbons (Fsp3) is 0.364. The zero-order valence-corrected chi connectivity index (χ0v) is 18.0. The van der Waals surface area contributed by atoms with E-state index in [0.29, 0.717) is 10.7 Å². The number of carbonyl (C=O) groups excluding carboxylic acids is 1. The van der Waals surface area contributed by atoms with E-state index in [4.69, 9.17) is 16.7 Å². The number of para-hydroxylation sites is 1. The van der Waals surface area contributed by atoms with Gasteiger partial charge in [0.25, 0.3) is 5.91 Å². The summed E-state index contributed by atoms with van der Waals surface area (Å²) in [5, 5.41) is 7.60. The Bertz CT molecular complexity index is 1060. The van der Waals surface area contributed by atoms with E-state index in [-0.39, 0.29) is 5.91 Å². The van der Waals surface area contributed by atoms with Gasteiger partial charge in [0.05, 0.1) is 16.4 Å². The van der Waals surface area contributed by atoms with Crippen LogP contribution in [0.4, 0.5) is 0 Å². The Hall–Kier alpha value is -2.15. The number of nitrogens with zero attached hydrogens (tertiary/aromatic N) is 4. The Morgan fingerprint density at radius 1 is 1.14 bits per heavy atom. The summed E-state index contributed by atoms with van der Waals surface area (Å²) in [7, 11) is 0. The minimum Gasteiger partial charge on any atom is -0.335 e. The molecule has 0 bridgehead atoms. The SMILES string of the molecule is CCN1CCN(C(=O)c2nn(-c3ccccc3Cl)c3c2CCc2sccc2-3)CC1. The predicted octanol–water partition coefficient (Wildman–Crippen LogP) is 4.13. The largest absolute Gasteiger partial charge is 0.335 e. The summed E-state index contributed by atoms with van der Waals surface area (Å²) < 4.78 is 1.89. The van der Waals surface area contributed by atoms with Crippen LogP contribution < -0.4 is 0 Å². The van der Waals surface area contributed by atoms with Gasteiger partial charge in [-0.3, -0.25) is 4.79 Å². The van der Waals surface area contributed by atoms with Crippen molar-refractivity contribution < 1.29 is 4.79 Å². The zero-order chi connectivity index (χ0) is 20.0. The lowest BCUT2D eigenvalue weighted by Crippen LogP contribution is -2.48. The lowest BCUT2D eigenvalue weighted by Gasteiger charge is -2.33. The number of thiophene rings is 1. The Morgan fingerprint density at radius 3 is 2.69 bits per heavy atom. The van der Waals surface area contributed by atoms with Gasteiger partial charge in [-0.2, -0.15) is 5.10 Å². The number of benzene rings is 1. The van der Waals surface area contributed by atoms with Gasteiger partial charge in [-0.1, -0.05) is 30.7 Å². The third-order valence-corrected chi connectivity index (χ3v) is 7.28. The highest BCUT2D eigenvalue weighted by atomic mass is 35.5. The fourth-order valence-corrected chi connectivity index (χ4v) is 5.43. The number of hydrogen-bond acceptors (Lipinski definition) is 4. The Balaban J connectivity index is 1.60. The molecule has 150 valence electrons. The summed E-state index contributed by atoms with van der Waals surface area (Å²) in [6.45, 7) is 6.54. The van der Waals surface area contributed by atoms with E-state index in [2.05, 4.69) is 23.3 Å². The minimum atomic E-state index is 0.0430. The number of aromatic nitrogens is 2. The molecule has 0 atom stereocenters. The molecule has 0 spiro atoms. The van der Waals surface area contributed by atoms with Crippen LogP contribution in [0.25, 0.3) is 16.9 Å². The van der Waals surface area contributed by atoms with Crippen molar-refractivity contribution in [3.05, 3.63) is 56.9 Å². The van der Waals surface area contributed by atoms with Crippen molar-refractivity contribution in [2.24, 2.45) is 0 Å². The van der Waals surface area contributed by atoms with Crippen molar-refractivity contribution in [2.75, 3.05) is 32.7 Å². The van der Waals surface area contributed by atoms with Crippen molar-refractivity contribution >= 4 is 28.8 Å². The van der Waals surface area contributed by atoms with Crippen LogP contribution >= 0.6 is 22.9 Å². The highest BCUT2D eigenvalue weighted by Crippen LogP contribution is 2.40. The first-order chi connectivity index (χ1) is 14.2. The second kappa shape index (κ2) is 7.59. The van der Waals surface area contributed by atoms with E-state index in [1.807, 2.05) is 33.8 Å². The van der Waals surface area contributed by atoms with Gasteiger partial charge < -0.3 is 9.80 Å². The van der Waals surface area contributed by atoms with Gasteiger partial charge in [0.2, 0.25) is 0 Å². The molecule has 1 fully saturated rings. The third-order valence-electron chi connectivity index (χ3n) is 5.98. The summed E-state index contributed by atoms with van der Waals surface area (Å²) in [5.74, 6) is 0.0430. The van der Waals surface area contributed by atoms with Crippen LogP contribution in [-0.2, 0) is 12.8 Å². The lowest BCUT2D eigenvalue weighted by atomic mass is 9.94. The zero-order valence-electron chi connectivity index (χ0n) is 16.4. The van der Waals surface area contributed by atoms with Crippen LogP contribution in [0.2, 0.25) is 5.02 Å². The molecule has 1 saturated heterocycles. The Morgan fingerprint density at radius 2 is 1.93 bits per heavy atom. The van der Waals surface area contributed by atoms with Crippen LogP contribution in [0.5, 0.6) is 0 Å². The summed E-state index contributed by atoms with van der Waals surface area (Å²) in [5.41, 5.74) is 4.66. The number of amides is 1. The van der Waals surface area contributed by atoms with Crippen molar-refractivity contribution in [3.8, 4) is 16.9 Å². The van der Waals surface area contributed by atoms with Crippen molar-refractivity contribution in [1.82, 2.24) is 19.6 Å². The smallest absolute Gasteiger partial charge is 0.274 e. The Kier molecular flexibility index (Phi) is 4.94. The van der Waals surface area contributed by atoms with Crippen LogP contribution in [0.1, 0.15) is 27.9 Å². The molecule has 3 heterocycles. The fourth-order valence-electron chi connectivity index (χ4n) is 4.33. The molecule has 0 unspecified atom stereocenters. The summed E-state index contributed by atoms with van der Waals surface area (Å²) >= 11 is 8.28. The number of aryl methyl sites for hydroxylation is 1. The molecule has 29 heavy (non-hydrogen) atoms. The quantitative estimate of drug-likeness (QED) is 0.632.